The number of hydrogen-bond donors (Lipinski definition) is 1. The summed E-state index contributed by atoms with van der Waals surface area (Å²) < 4.78 is 50.4. The molecule has 0 atom stereocenters. The smallest absolute Gasteiger partial charge is 0.387 e. The first-order chi connectivity index (χ1) is 14.4. The highest BCUT2D eigenvalue weighted by Crippen LogP contribution is 2.30. The predicted molar refractivity (Wildman–Crippen MR) is 112 cm³/mol. The third kappa shape index (κ3) is 5.71. The van der Waals surface area contributed by atoms with Crippen LogP contribution < -0.4 is 14.8 Å². The van der Waals surface area contributed by atoms with Crippen molar-refractivity contribution in [2.45, 2.75) is 19.8 Å². The van der Waals surface area contributed by atoms with Gasteiger partial charge in [-0.05, 0) is 49.1 Å². The minimum Gasteiger partial charge on any atom is -0.493 e. The molecule has 0 aliphatic heterocycles. The molecule has 0 spiro atoms. The number of halogens is 3. The van der Waals surface area contributed by atoms with Crippen molar-refractivity contribution < 1.29 is 22.6 Å². The molecule has 0 unspecified atom stereocenters. The fourth-order valence-corrected chi connectivity index (χ4v) is 3.72. The van der Waals surface area contributed by atoms with Crippen molar-refractivity contribution in [3.63, 3.8) is 0 Å². The van der Waals surface area contributed by atoms with Gasteiger partial charge in [-0.2, -0.15) is 8.78 Å². The maximum atomic E-state index is 13.8. The summed E-state index contributed by atoms with van der Waals surface area (Å²) in [4.78, 5) is 1.94. The zero-order valence-electron chi connectivity index (χ0n) is 16.1. The Morgan fingerprint density at radius 1 is 1.23 bits per heavy atom. The minimum absolute atomic E-state index is 0.0236. The zero-order chi connectivity index (χ0) is 21.7. The number of hydrogen-bond acceptors (Lipinski definition) is 7. The van der Waals surface area contributed by atoms with Gasteiger partial charge in [0, 0.05) is 6.54 Å². The molecule has 1 heterocycles. The number of ether oxygens (including phenoxy) is 2. The normalized spacial score (nSPS) is 11.2. The average molecular weight is 457 g/mol. The van der Waals surface area contributed by atoms with Crippen LogP contribution in [0, 0.1) is 9.77 Å². The molecule has 11 heteroatoms. The van der Waals surface area contributed by atoms with Gasteiger partial charge in [-0.15, -0.1) is 5.10 Å². The summed E-state index contributed by atoms with van der Waals surface area (Å²) in [5.41, 5.74) is 1.15. The molecule has 30 heavy (non-hydrogen) atoms. The number of alkyl halides is 2. The van der Waals surface area contributed by atoms with Crippen LogP contribution in [0.15, 0.2) is 42.5 Å². The van der Waals surface area contributed by atoms with Gasteiger partial charge in [0.2, 0.25) is 5.13 Å². The first-order valence-electron chi connectivity index (χ1n) is 8.75. The van der Waals surface area contributed by atoms with Gasteiger partial charge in [-0.25, -0.2) is 9.07 Å². The topological polar surface area (TPSA) is 51.5 Å². The third-order valence-electron chi connectivity index (χ3n) is 3.99. The summed E-state index contributed by atoms with van der Waals surface area (Å²) in [6, 6.07) is 11.1. The highest BCUT2D eigenvalue weighted by molar-refractivity contribution is 7.73. The minimum atomic E-state index is -2.92. The van der Waals surface area contributed by atoms with E-state index in [-0.39, 0.29) is 17.3 Å². The Morgan fingerprint density at radius 3 is 2.70 bits per heavy atom. The quantitative estimate of drug-likeness (QED) is 0.444. The Bertz CT molecular complexity index is 1060. The van der Waals surface area contributed by atoms with Crippen LogP contribution in [-0.2, 0) is 13.2 Å². The number of aromatic nitrogens is 2. The fraction of sp³-hybridized carbons (Fsp3) is 0.263. The van der Waals surface area contributed by atoms with E-state index in [0.717, 1.165) is 5.56 Å². The van der Waals surface area contributed by atoms with Crippen molar-refractivity contribution in [2.24, 2.45) is 0 Å². The van der Waals surface area contributed by atoms with Crippen molar-refractivity contribution >= 4 is 34.4 Å². The molecule has 6 nitrogen and oxygen atoms in total. The van der Waals surface area contributed by atoms with E-state index >= 15 is 0 Å². The number of nitrogens with zero attached hydrogens (tertiary/aromatic N) is 3. The molecule has 0 saturated heterocycles. The maximum absolute atomic E-state index is 13.8. The molecule has 0 aliphatic carbocycles. The lowest BCUT2D eigenvalue weighted by molar-refractivity contribution is -0.0512. The van der Waals surface area contributed by atoms with Crippen LogP contribution in [0.1, 0.15) is 5.56 Å². The van der Waals surface area contributed by atoms with E-state index in [2.05, 4.69) is 15.2 Å². The fourth-order valence-electron chi connectivity index (χ4n) is 2.72. The van der Waals surface area contributed by atoms with Crippen LogP contribution in [0.25, 0.3) is 0 Å². The standard InChI is InChI=1S/C19H19F3N4O2S2/c1-25(10-12-7-8-15(28-17(21)22)16(9-12)27-2)11-26-19(29)30-18(24-26)23-14-6-4-3-5-13(14)20/h3-9,17H,10-11H2,1-2H3,(H,23,24). The zero-order valence-corrected chi connectivity index (χ0v) is 17.8. The monoisotopic (exact) mass is 456 g/mol. The molecular formula is C19H19F3N4O2S2. The third-order valence-corrected chi connectivity index (χ3v) is 5.22. The van der Waals surface area contributed by atoms with Crippen LogP contribution in [0.5, 0.6) is 11.5 Å². The lowest BCUT2D eigenvalue weighted by Crippen LogP contribution is -2.22. The van der Waals surface area contributed by atoms with E-state index in [9.17, 15) is 13.2 Å². The Morgan fingerprint density at radius 2 is 2.00 bits per heavy atom. The molecule has 3 rings (SSSR count). The maximum Gasteiger partial charge on any atom is 0.387 e. The largest absolute Gasteiger partial charge is 0.493 e. The molecule has 0 aliphatic rings. The highest BCUT2D eigenvalue weighted by Gasteiger charge is 2.13. The number of methoxy groups -OCH3 is 1. The summed E-state index contributed by atoms with van der Waals surface area (Å²) in [5, 5.41) is 7.80. The van der Waals surface area contributed by atoms with Crippen LogP contribution in [0.4, 0.5) is 24.0 Å². The average Bonchev–Trinajstić information content (AvgIpc) is 3.03. The van der Waals surface area contributed by atoms with E-state index in [4.69, 9.17) is 17.0 Å². The van der Waals surface area contributed by atoms with Crippen molar-refractivity contribution in [3.8, 4) is 11.5 Å². The first kappa shape index (κ1) is 22.1. The van der Waals surface area contributed by atoms with Gasteiger partial charge in [-0.1, -0.05) is 29.5 Å². The van der Waals surface area contributed by atoms with Gasteiger partial charge in [-0.3, -0.25) is 4.90 Å². The summed E-state index contributed by atoms with van der Waals surface area (Å²) in [5.74, 6) is -0.178. The predicted octanol–water partition coefficient (Wildman–Crippen LogP) is 5.26. The second-order valence-electron chi connectivity index (χ2n) is 6.30. The summed E-state index contributed by atoms with van der Waals surface area (Å²) in [6.07, 6.45) is 0. The lowest BCUT2D eigenvalue weighted by atomic mass is 10.2. The SMILES string of the molecule is COc1cc(CN(C)Cn2nc(Nc3ccccc3F)sc2=S)ccc1OC(F)F. The van der Waals surface area contributed by atoms with Crippen LogP contribution in [-0.4, -0.2) is 35.4 Å². The molecule has 0 saturated carbocycles. The number of anilines is 2. The van der Waals surface area contributed by atoms with E-state index < -0.39 is 6.61 Å². The second kappa shape index (κ2) is 9.92. The highest BCUT2D eigenvalue weighted by atomic mass is 32.1. The molecule has 3 aromatic rings. The van der Waals surface area contributed by atoms with Crippen LogP contribution in [0.2, 0.25) is 0 Å². The summed E-state index contributed by atoms with van der Waals surface area (Å²) in [7, 11) is 3.25. The first-order valence-corrected chi connectivity index (χ1v) is 9.98. The lowest BCUT2D eigenvalue weighted by Gasteiger charge is -2.18. The van der Waals surface area contributed by atoms with Crippen molar-refractivity contribution in [3.05, 3.63) is 57.8 Å². The van der Waals surface area contributed by atoms with Crippen molar-refractivity contribution in [2.75, 3.05) is 19.5 Å². The molecule has 2 aromatic carbocycles. The molecule has 0 amide bonds. The molecule has 0 fully saturated rings. The molecule has 1 N–H and O–H groups in total. The Hall–Kier alpha value is -2.63. The summed E-state index contributed by atoms with van der Waals surface area (Å²) in [6.45, 7) is -2.06. The number of benzene rings is 2. The van der Waals surface area contributed by atoms with Gasteiger partial charge in [0.05, 0.1) is 19.5 Å². The van der Waals surface area contributed by atoms with Gasteiger partial charge in [0.15, 0.2) is 15.5 Å². The van der Waals surface area contributed by atoms with Crippen LogP contribution in [0.3, 0.4) is 0 Å². The Balaban J connectivity index is 1.66. The van der Waals surface area contributed by atoms with E-state index in [1.165, 1.54) is 30.6 Å². The van der Waals surface area contributed by atoms with Crippen molar-refractivity contribution in [1.82, 2.24) is 14.7 Å². The van der Waals surface area contributed by atoms with E-state index in [1.807, 2.05) is 11.9 Å². The van der Waals surface area contributed by atoms with E-state index in [0.29, 0.717) is 28.0 Å². The van der Waals surface area contributed by atoms with Gasteiger partial charge >= 0.3 is 6.61 Å². The molecular weight excluding hydrogens is 437 g/mol. The van der Waals surface area contributed by atoms with Gasteiger partial charge in [0.25, 0.3) is 0 Å². The second-order valence-corrected chi connectivity index (χ2v) is 7.92. The van der Waals surface area contributed by atoms with Gasteiger partial charge in [0.1, 0.15) is 5.82 Å². The Labute approximate surface area is 180 Å². The molecule has 0 radical (unpaired) electrons. The number of para-hydroxylation sites is 1. The Kier molecular flexibility index (Phi) is 7.29. The van der Waals surface area contributed by atoms with Crippen molar-refractivity contribution in [1.29, 1.82) is 0 Å². The number of nitrogens with one attached hydrogen (secondary N) is 1. The summed E-state index contributed by atoms with van der Waals surface area (Å²) >= 11 is 6.59. The van der Waals surface area contributed by atoms with E-state index in [1.54, 1.807) is 35.0 Å². The molecule has 0 bridgehead atoms. The van der Waals surface area contributed by atoms with Crippen LogP contribution >= 0.6 is 23.6 Å². The number of rotatable bonds is 9. The van der Waals surface area contributed by atoms with Gasteiger partial charge < -0.3 is 14.8 Å². The molecule has 160 valence electrons. The molecule has 1 aromatic heterocycles.